The lowest BCUT2D eigenvalue weighted by Gasteiger charge is -2.03. The third kappa shape index (κ3) is 3.43. The summed E-state index contributed by atoms with van der Waals surface area (Å²) in [6.45, 7) is 1.64. The molecule has 0 aromatic heterocycles. The summed E-state index contributed by atoms with van der Waals surface area (Å²) in [4.78, 5) is 11.8. The number of benzene rings is 1. The molecule has 0 aliphatic rings. The van der Waals surface area contributed by atoms with E-state index in [2.05, 4.69) is 15.8 Å². The Labute approximate surface area is 99.7 Å². The lowest BCUT2D eigenvalue weighted by atomic mass is 10.1. The summed E-state index contributed by atoms with van der Waals surface area (Å²) in [5.41, 5.74) is 3.55. The molecular weight excluding hydrogens is 222 g/mol. The monoisotopic (exact) mass is 235 g/mol. The minimum absolute atomic E-state index is 0.119. The number of thiocarbonyl (C=S) groups is 1. The molecule has 2 N–H and O–H groups in total. The molecule has 16 heavy (non-hydrogen) atoms. The van der Waals surface area contributed by atoms with Gasteiger partial charge in [-0.25, -0.2) is 0 Å². The fourth-order valence-corrected chi connectivity index (χ4v) is 1.09. The van der Waals surface area contributed by atoms with E-state index in [1.54, 1.807) is 26.1 Å². The van der Waals surface area contributed by atoms with Gasteiger partial charge in [-0.1, -0.05) is 30.3 Å². The fourth-order valence-electron chi connectivity index (χ4n) is 1.04. The van der Waals surface area contributed by atoms with Crippen LogP contribution in [0.1, 0.15) is 17.3 Å². The number of ketones is 1. The topological polar surface area (TPSA) is 53.5 Å². The standard InChI is InChI=1S/C11H13N3OS/c1-8(13-14-11(16)12-2)10(15)9-6-4-3-5-7-9/h3-7H,1-2H3,(H2,12,14,16)/b13-8+. The molecule has 1 rings (SSSR count). The summed E-state index contributed by atoms with van der Waals surface area (Å²) in [7, 11) is 1.68. The highest BCUT2D eigenvalue weighted by atomic mass is 32.1. The molecular formula is C11H13N3OS. The second kappa shape index (κ2) is 5.97. The predicted octanol–water partition coefficient (Wildman–Crippen LogP) is 1.34. The van der Waals surface area contributed by atoms with Crippen LogP contribution in [-0.2, 0) is 0 Å². The van der Waals surface area contributed by atoms with Crippen molar-refractivity contribution in [1.82, 2.24) is 10.7 Å². The van der Waals surface area contributed by atoms with Crippen LogP contribution in [0.4, 0.5) is 0 Å². The normalized spacial score (nSPS) is 10.8. The van der Waals surface area contributed by atoms with E-state index in [-0.39, 0.29) is 5.78 Å². The van der Waals surface area contributed by atoms with Crippen LogP contribution in [0, 0.1) is 0 Å². The number of Topliss-reactive ketones (excluding diaryl/α,β-unsaturated/α-hetero) is 1. The van der Waals surface area contributed by atoms with E-state index in [4.69, 9.17) is 12.2 Å². The van der Waals surface area contributed by atoms with Gasteiger partial charge in [0.1, 0.15) is 5.71 Å². The van der Waals surface area contributed by atoms with Crippen LogP contribution in [0.3, 0.4) is 0 Å². The van der Waals surface area contributed by atoms with Crippen molar-refractivity contribution in [3.8, 4) is 0 Å². The van der Waals surface area contributed by atoms with Crippen LogP contribution in [0.5, 0.6) is 0 Å². The highest BCUT2D eigenvalue weighted by Crippen LogP contribution is 2.00. The van der Waals surface area contributed by atoms with E-state index >= 15 is 0 Å². The fraction of sp³-hybridized carbons (Fsp3) is 0.182. The first kappa shape index (κ1) is 12.3. The van der Waals surface area contributed by atoms with Crippen LogP contribution < -0.4 is 10.7 Å². The van der Waals surface area contributed by atoms with Crippen molar-refractivity contribution in [1.29, 1.82) is 0 Å². The van der Waals surface area contributed by atoms with E-state index in [1.165, 1.54) is 0 Å². The van der Waals surface area contributed by atoms with Gasteiger partial charge in [0.15, 0.2) is 5.11 Å². The first-order valence-electron chi connectivity index (χ1n) is 4.77. The molecule has 84 valence electrons. The quantitative estimate of drug-likeness (QED) is 0.359. The first-order chi connectivity index (χ1) is 7.65. The lowest BCUT2D eigenvalue weighted by molar-refractivity contribution is 0.106. The van der Waals surface area contributed by atoms with Gasteiger partial charge in [-0.3, -0.25) is 10.2 Å². The van der Waals surface area contributed by atoms with E-state index in [1.807, 2.05) is 18.2 Å². The van der Waals surface area contributed by atoms with Gasteiger partial charge in [0.2, 0.25) is 5.78 Å². The first-order valence-corrected chi connectivity index (χ1v) is 5.17. The van der Waals surface area contributed by atoms with Gasteiger partial charge in [0.25, 0.3) is 0 Å². The molecule has 1 aromatic rings. The highest BCUT2D eigenvalue weighted by molar-refractivity contribution is 7.80. The summed E-state index contributed by atoms with van der Waals surface area (Å²) >= 11 is 4.84. The van der Waals surface area contributed by atoms with Crippen molar-refractivity contribution < 1.29 is 4.79 Å². The average Bonchev–Trinajstić information content (AvgIpc) is 2.35. The Morgan fingerprint density at radius 3 is 2.50 bits per heavy atom. The Bertz CT molecular complexity index is 414. The van der Waals surface area contributed by atoms with E-state index in [0.717, 1.165) is 0 Å². The van der Waals surface area contributed by atoms with Gasteiger partial charge in [0, 0.05) is 12.6 Å². The molecule has 1 aromatic carbocycles. The van der Waals surface area contributed by atoms with Crippen molar-refractivity contribution in [2.75, 3.05) is 7.05 Å². The van der Waals surface area contributed by atoms with Crippen LogP contribution >= 0.6 is 12.2 Å². The largest absolute Gasteiger partial charge is 0.364 e. The number of rotatable bonds is 3. The van der Waals surface area contributed by atoms with E-state index < -0.39 is 0 Å². The predicted molar refractivity (Wildman–Crippen MR) is 68.7 cm³/mol. The molecule has 0 spiro atoms. The van der Waals surface area contributed by atoms with Gasteiger partial charge in [0.05, 0.1) is 0 Å². The third-order valence-electron chi connectivity index (χ3n) is 1.92. The van der Waals surface area contributed by atoms with E-state index in [0.29, 0.717) is 16.4 Å². The summed E-state index contributed by atoms with van der Waals surface area (Å²) in [5.74, 6) is -0.119. The Hall–Kier alpha value is -1.75. The number of nitrogens with zero attached hydrogens (tertiary/aromatic N) is 1. The van der Waals surface area contributed by atoms with Gasteiger partial charge < -0.3 is 5.32 Å². The van der Waals surface area contributed by atoms with Crippen LogP contribution in [0.15, 0.2) is 35.4 Å². The maximum atomic E-state index is 11.8. The van der Waals surface area contributed by atoms with Gasteiger partial charge in [-0.15, -0.1) is 0 Å². The highest BCUT2D eigenvalue weighted by Gasteiger charge is 2.08. The zero-order valence-electron chi connectivity index (χ0n) is 9.15. The number of hydrogen-bond acceptors (Lipinski definition) is 3. The Kier molecular flexibility index (Phi) is 4.60. The number of nitrogens with one attached hydrogen (secondary N) is 2. The summed E-state index contributed by atoms with van der Waals surface area (Å²) in [5, 5.41) is 6.96. The second-order valence-corrected chi connectivity index (χ2v) is 3.49. The lowest BCUT2D eigenvalue weighted by Crippen LogP contribution is -2.30. The van der Waals surface area contributed by atoms with Gasteiger partial charge in [-0.05, 0) is 19.1 Å². The molecule has 0 amide bonds. The number of hydrazone groups is 1. The molecule has 0 atom stereocenters. The maximum Gasteiger partial charge on any atom is 0.208 e. The zero-order chi connectivity index (χ0) is 12.0. The summed E-state index contributed by atoms with van der Waals surface area (Å²) < 4.78 is 0. The molecule has 0 radical (unpaired) electrons. The van der Waals surface area contributed by atoms with Crippen molar-refractivity contribution in [2.45, 2.75) is 6.92 Å². The van der Waals surface area contributed by atoms with E-state index in [9.17, 15) is 4.79 Å². The van der Waals surface area contributed by atoms with Crippen LogP contribution in [0.25, 0.3) is 0 Å². The Balaban J connectivity index is 2.71. The molecule has 0 fully saturated rings. The number of carbonyl (C=O) groups is 1. The van der Waals surface area contributed by atoms with Crippen molar-refractivity contribution in [3.63, 3.8) is 0 Å². The zero-order valence-corrected chi connectivity index (χ0v) is 9.97. The van der Waals surface area contributed by atoms with Crippen LogP contribution in [-0.4, -0.2) is 23.7 Å². The molecule has 0 bridgehead atoms. The van der Waals surface area contributed by atoms with Gasteiger partial charge in [-0.2, -0.15) is 5.10 Å². The van der Waals surface area contributed by atoms with Crippen molar-refractivity contribution in [3.05, 3.63) is 35.9 Å². The smallest absolute Gasteiger partial charge is 0.208 e. The maximum absolute atomic E-state index is 11.8. The minimum Gasteiger partial charge on any atom is -0.364 e. The third-order valence-corrected chi connectivity index (χ3v) is 2.21. The average molecular weight is 235 g/mol. The van der Waals surface area contributed by atoms with Crippen LogP contribution in [0.2, 0.25) is 0 Å². The molecule has 0 saturated carbocycles. The molecule has 5 heteroatoms. The molecule has 0 unspecified atom stereocenters. The Morgan fingerprint density at radius 2 is 1.94 bits per heavy atom. The molecule has 0 heterocycles. The van der Waals surface area contributed by atoms with Crippen molar-refractivity contribution >= 4 is 28.8 Å². The van der Waals surface area contributed by atoms with Gasteiger partial charge >= 0.3 is 0 Å². The number of hydrogen-bond donors (Lipinski definition) is 2. The molecule has 4 nitrogen and oxygen atoms in total. The minimum atomic E-state index is -0.119. The summed E-state index contributed by atoms with van der Waals surface area (Å²) in [6.07, 6.45) is 0. The molecule has 0 saturated heterocycles. The molecule has 0 aliphatic carbocycles. The van der Waals surface area contributed by atoms with Crippen molar-refractivity contribution in [2.24, 2.45) is 5.10 Å². The summed E-state index contributed by atoms with van der Waals surface area (Å²) in [6, 6.07) is 8.98. The second-order valence-electron chi connectivity index (χ2n) is 3.08. The Morgan fingerprint density at radius 1 is 1.31 bits per heavy atom. The number of carbonyl (C=O) groups excluding carboxylic acids is 1. The SMILES string of the molecule is CNC(=S)N/N=C(\C)C(=O)c1ccccc1. The molecule has 0 aliphatic heterocycles.